The number of nitrogens with one attached hydrogen (secondary N) is 1. The summed E-state index contributed by atoms with van der Waals surface area (Å²) in [5.41, 5.74) is 4.59. The number of aryl methyl sites for hydroxylation is 1. The van der Waals surface area contributed by atoms with Gasteiger partial charge in [-0.25, -0.2) is 15.0 Å². The number of imidazole rings is 1. The van der Waals surface area contributed by atoms with Crippen molar-refractivity contribution >= 4 is 17.0 Å². The lowest BCUT2D eigenvalue weighted by molar-refractivity contribution is 0.0988. The molecule has 1 N–H and O–H groups in total. The summed E-state index contributed by atoms with van der Waals surface area (Å²) in [4.78, 5) is 20.5. The van der Waals surface area contributed by atoms with Crippen molar-refractivity contribution in [1.29, 1.82) is 0 Å². The van der Waals surface area contributed by atoms with Crippen LogP contribution in [0.4, 0.5) is 5.82 Å². The average Bonchev–Trinajstić information content (AvgIpc) is 3.71. The zero-order chi connectivity index (χ0) is 24.6. The summed E-state index contributed by atoms with van der Waals surface area (Å²) in [6, 6.07) is 7.09. The van der Waals surface area contributed by atoms with Gasteiger partial charge < -0.3 is 19.4 Å². The third-order valence-electron chi connectivity index (χ3n) is 7.27. The van der Waals surface area contributed by atoms with Gasteiger partial charge in [-0.1, -0.05) is 26.0 Å². The molecule has 8 heteroatoms. The van der Waals surface area contributed by atoms with Crippen molar-refractivity contribution in [2.24, 2.45) is 0 Å². The molecule has 35 heavy (non-hydrogen) atoms. The molecule has 0 radical (unpaired) electrons. The van der Waals surface area contributed by atoms with Crippen molar-refractivity contribution in [2.75, 3.05) is 45.3 Å². The number of benzene rings is 1. The molecule has 2 aliphatic heterocycles. The molecule has 0 bridgehead atoms. The maximum Gasteiger partial charge on any atom is 0.182 e. The number of likely N-dealkylation sites (tertiary alicyclic amines) is 1. The Bertz CT molecular complexity index is 1050. The van der Waals surface area contributed by atoms with Crippen molar-refractivity contribution in [3.63, 3.8) is 0 Å². The van der Waals surface area contributed by atoms with E-state index in [4.69, 9.17) is 9.47 Å². The predicted molar refractivity (Wildman–Crippen MR) is 140 cm³/mol. The summed E-state index contributed by atoms with van der Waals surface area (Å²) >= 11 is 0. The Labute approximate surface area is 209 Å². The molecule has 8 nitrogen and oxygen atoms in total. The number of rotatable bonds is 4. The number of fused-ring (bicyclic) bond motifs is 2. The Morgan fingerprint density at radius 3 is 2.57 bits per heavy atom. The van der Waals surface area contributed by atoms with Gasteiger partial charge in [0.15, 0.2) is 11.5 Å². The van der Waals surface area contributed by atoms with Crippen LogP contribution < -0.4 is 9.64 Å². The van der Waals surface area contributed by atoms with Gasteiger partial charge in [0.1, 0.15) is 17.6 Å². The molecule has 0 saturated carbocycles. The normalized spacial score (nSPS) is 21.7. The Kier molecular flexibility index (Phi) is 8.93. The Hall–Kier alpha value is -2.71. The second-order valence-electron chi connectivity index (χ2n) is 9.13. The molecule has 6 rings (SSSR count). The van der Waals surface area contributed by atoms with Crippen molar-refractivity contribution in [1.82, 2.24) is 24.8 Å². The smallest absolute Gasteiger partial charge is 0.182 e. The van der Waals surface area contributed by atoms with E-state index in [1.54, 1.807) is 19.8 Å². The lowest BCUT2D eigenvalue weighted by Crippen LogP contribution is -2.38. The van der Waals surface area contributed by atoms with Crippen molar-refractivity contribution < 1.29 is 9.47 Å². The van der Waals surface area contributed by atoms with Crippen molar-refractivity contribution in [3.8, 4) is 5.75 Å². The lowest BCUT2D eigenvalue weighted by Gasteiger charge is -2.33. The largest absolute Gasteiger partial charge is 0.496 e. The van der Waals surface area contributed by atoms with Gasteiger partial charge in [-0.2, -0.15) is 0 Å². The van der Waals surface area contributed by atoms with Crippen LogP contribution in [0.3, 0.4) is 0 Å². The van der Waals surface area contributed by atoms with Gasteiger partial charge in [0.2, 0.25) is 0 Å². The van der Waals surface area contributed by atoms with Gasteiger partial charge in [0.05, 0.1) is 19.5 Å². The van der Waals surface area contributed by atoms with Crippen LogP contribution in [0.2, 0.25) is 0 Å². The van der Waals surface area contributed by atoms with Gasteiger partial charge in [-0.05, 0) is 55.7 Å². The number of anilines is 1. The molecule has 2 atom stereocenters. The summed E-state index contributed by atoms with van der Waals surface area (Å²) in [6.45, 7) is 8.44. The van der Waals surface area contributed by atoms with E-state index in [-0.39, 0.29) is 0 Å². The summed E-state index contributed by atoms with van der Waals surface area (Å²) in [5, 5.41) is 0. The van der Waals surface area contributed by atoms with Crippen LogP contribution in [-0.4, -0.2) is 77.4 Å². The SMILES string of the molecule is CC.COc1cccc2c1CC(N1CCC(OC)C1)CC2.c1nc(N2CCCC2)c2[nH]cnc2n1. The van der Waals surface area contributed by atoms with E-state index < -0.39 is 0 Å². The van der Waals surface area contributed by atoms with Crippen molar-refractivity contribution in [3.05, 3.63) is 42.0 Å². The number of H-pyrrole nitrogens is 1. The first-order valence-electron chi connectivity index (χ1n) is 13.1. The number of hydrogen-bond acceptors (Lipinski definition) is 7. The Balaban J connectivity index is 0.000000160. The molecule has 3 aliphatic rings. The van der Waals surface area contributed by atoms with E-state index >= 15 is 0 Å². The standard InChI is InChI=1S/C16H23NO2.C9H11N5.C2H6/c1-18-14-8-9-17(11-14)13-7-6-12-4-3-5-16(19-2)15(12)10-13;1-2-4-14(3-1)9-7-8(11-5-10-7)12-6-13-9;1-2/h3-5,13-14H,6-11H2,1-2H3;5-6H,1-4H2,(H,10,11,12,13);1-2H3. The molecule has 2 unspecified atom stereocenters. The highest BCUT2D eigenvalue weighted by molar-refractivity contribution is 5.82. The maximum absolute atomic E-state index is 5.52. The highest BCUT2D eigenvalue weighted by atomic mass is 16.5. The summed E-state index contributed by atoms with van der Waals surface area (Å²) in [5.74, 6) is 2.05. The highest BCUT2D eigenvalue weighted by Crippen LogP contribution is 2.32. The zero-order valence-electron chi connectivity index (χ0n) is 21.7. The first-order chi connectivity index (χ1) is 17.3. The first-order valence-corrected chi connectivity index (χ1v) is 13.1. The molecule has 3 aromatic rings. The van der Waals surface area contributed by atoms with Gasteiger partial charge >= 0.3 is 0 Å². The summed E-state index contributed by atoms with van der Waals surface area (Å²) < 4.78 is 11.0. The van der Waals surface area contributed by atoms with Crippen LogP contribution in [0, 0.1) is 0 Å². The van der Waals surface area contributed by atoms with Gasteiger partial charge in [-0.15, -0.1) is 0 Å². The number of aromatic nitrogens is 4. The molecule has 0 spiro atoms. The molecule has 0 amide bonds. The monoisotopic (exact) mass is 480 g/mol. The van der Waals surface area contributed by atoms with E-state index in [0.717, 1.165) is 48.8 Å². The quantitative estimate of drug-likeness (QED) is 0.598. The minimum absolute atomic E-state index is 0.430. The predicted octanol–water partition coefficient (Wildman–Crippen LogP) is 4.25. The van der Waals surface area contributed by atoms with E-state index in [0.29, 0.717) is 12.1 Å². The third-order valence-corrected chi connectivity index (χ3v) is 7.27. The fraction of sp³-hybridized carbons (Fsp3) is 0.593. The van der Waals surface area contributed by atoms with Crippen LogP contribution in [0.25, 0.3) is 11.2 Å². The Morgan fingerprint density at radius 2 is 1.83 bits per heavy atom. The molecule has 1 aromatic carbocycles. The summed E-state index contributed by atoms with van der Waals surface area (Å²) in [6.07, 6.45) is 10.9. The topological polar surface area (TPSA) is 79.4 Å². The van der Waals surface area contributed by atoms with Crippen LogP contribution in [0.1, 0.15) is 50.7 Å². The number of methoxy groups -OCH3 is 2. The molecular formula is C27H40N6O2. The van der Waals surface area contributed by atoms with Gasteiger partial charge in [0, 0.05) is 39.3 Å². The molecule has 1 aliphatic carbocycles. The molecule has 2 saturated heterocycles. The number of aromatic amines is 1. The molecule has 2 fully saturated rings. The van der Waals surface area contributed by atoms with Crippen LogP contribution in [0.5, 0.6) is 5.75 Å². The minimum atomic E-state index is 0.430. The molecule has 2 aromatic heterocycles. The van der Waals surface area contributed by atoms with Gasteiger partial charge in [0.25, 0.3) is 0 Å². The molecular weight excluding hydrogens is 440 g/mol. The van der Waals surface area contributed by atoms with Crippen LogP contribution in [-0.2, 0) is 17.6 Å². The van der Waals surface area contributed by atoms with Crippen LogP contribution in [0.15, 0.2) is 30.9 Å². The Morgan fingerprint density at radius 1 is 1.00 bits per heavy atom. The molecule has 4 heterocycles. The fourth-order valence-corrected chi connectivity index (χ4v) is 5.44. The maximum atomic E-state index is 5.52. The van der Waals surface area contributed by atoms with E-state index in [9.17, 15) is 0 Å². The van der Waals surface area contributed by atoms with E-state index in [1.807, 2.05) is 21.0 Å². The number of hydrogen-bond donors (Lipinski definition) is 1. The third kappa shape index (κ3) is 5.76. The van der Waals surface area contributed by atoms with Crippen molar-refractivity contribution in [2.45, 2.75) is 64.5 Å². The van der Waals surface area contributed by atoms with E-state index in [2.05, 4.69) is 47.9 Å². The number of ether oxygens (including phenoxy) is 2. The summed E-state index contributed by atoms with van der Waals surface area (Å²) in [7, 11) is 3.60. The number of nitrogens with zero attached hydrogens (tertiary/aromatic N) is 5. The second-order valence-corrected chi connectivity index (χ2v) is 9.13. The first kappa shape index (κ1) is 25.4. The van der Waals surface area contributed by atoms with Gasteiger partial charge in [-0.3, -0.25) is 4.90 Å². The average molecular weight is 481 g/mol. The molecule has 190 valence electrons. The second kappa shape index (κ2) is 12.3. The zero-order valence-corrected chi connectivity index (χ0v) is 21.7. The van der Waals surface area contributed by atoms with E-state index in [1.165, 1.54) is 49.8 Å². The lowest BCUT2D eigenvalue weighted by atomic mass is 9.87. The minimum Gasteiger partial charge on any atom is -0.496 e. The fourth-order valence-electron chi connectivity index (χ4n) is 5.44. The highest BCUT2D eigenvalue weighted by Gasteiger charge is 2.31. The van der Waals surface area contributed by atoms with Crippen LogP contribution >= 0.6 is 0 Å².